The third-order valence-corrected chi connectivity index (χ3v) is 8.96. The van der Waals surface area contributed by atoms with Gasteiger partial charge in [-0.1, -0.05) is 25.8 Å². The van der Waals surface area contributed by atoms with Crippen LogP contribution in [0.2, 0.25) is 0 Å². The van der Waals surface area contributed by atoms with Crippen molar-refractivity contribution >= 4 is 0 Å². The lowest BCUT2D eigenvalue weighted by Crippen LogP contribution is -2.34. The summed E-state index contributed by atoms with van der Waals surface area (Å²) in [6.07, 6.45) is 1.73. The van der Waals surface area contributed by atoms with Crippen LogP contribution in [0.4, 0.5) is 30.7 Å². The molecule has 4 rings (SSSR count). The Morgan fingerprint density at radius 3 is 2.00 bits per heavy atom. The van der Waals surface area contributed by atoms with Crippen LogP contribution in [-0.4, -0.2) is 25.0 Å². The molecule has 3 aliphatic carbocycles. The molecule has 0 N–H and O–H groups in total. The van der Waals surface area contributed by atoms with Gasteiger partial charge in [0.15, 0.2) is 6.61 Å². The van der Waals surface area contributed by atoms with Crippen LogP contribution in [0.3, 0.4) is 0 Å². The van der Waals surface area contributed by atoms with Crippen LogP contribution in [0.15, 0.2) is 23.8 Å². The van der Waals surface area contributed by atoms with Crippen LogP contribution in [0.25, 0.3) is 0 Å². The molecule has 0 aliphatic heterocycles. The van der Waals surface area contributed by atoms with Gasteiger partial charge in [-0.2, -0.15) is 22.0 Å². The van der Waals surface area contributed by atoms with Gasteiger partial charge < -0.3 is 9.47 Å². The number of rotatable bonds is 9. The fourth-order valence-corrected chi connectivity index (χ4v) is 6.84. The first-order valence-electron chi connectivity index (χ1n) is 14.4. The van der Waals surface area contributed by atoms with E-state index in [1.54, 1.807) is 0 Å². The quantitative estimate of drug-likeness (QED) is 0.220. The maximum absolute atomic E-state index is 14.9. The van der Waals surface area contributed by atoms with Crippen molar-refractivity contribution in [2.45, 2.75) is 115 Å². The summed E-state index contributed by atoms with van der Waals surface area (Å²) < 4.78 is 107. The van der Waals surface area contributed by atoms with E-state index in [2.05, 4.69) is 11.7 Å². The molecule has 1 aromatic carbocycles. The van der Waals surface area contributed by atoms with E-state index in [0.717, 1.165) is 37.8 Å². The molecular weight excluding hydrogens is 525 g/mol. The third-order valence-electron chi connectivity index (χ3n) is 8.96. The van der Waals surface area contributed by atoms with E-state index >= 15 is 0 Å². The molecule has 0 amide bonds. The monoisotopic (exact) mass is 564 g/mol. The number of allylic oxidation sites excluding steroid dienone is 2. The fraction of sp³-hybridized carbons (Fsp3) is 0.733. The van der Waals surface area contributed by atoms with Crippen molar-refractivity contribution in [1.82, 2.24) is 0 Å². The normalized spacial score (nSPS) is 28.7. The lowest BCUT2D eigenvalue weighted by atomic mass is 9.70. The van der Waals surface area contributed by atoms with E-state index < -0.39 is 47.8 Å². The fourth-order valence-electron chi connectivity index (χ4n) is 6.84. The summed E-state index contributed by atoms with van der Waals surface area (Å²) in [6.45, 7) is 1.15. The maximum Gasteiger partial charge on any atom is 0.421 e. The zero-order valence-corrected chi connectivity index (χ0v) is 22.5. The van der Waals surface area contributed by atoms with Crippen molar-refractivity contribution in [3.63, 3.8) is 0 Å². The average molecular weight is 565 g/mol. The Morgan fingerprint density at radius 1 is 0.821 bits per heavy atom. The van der Waals surface area contributed by atoms with Gasteiger partial charge in [-0.05, 0) is 94.3 Å². The Morgan fingerprint density at radius 2 is 1.46 bits per heavy atom. The number of ether oxygens (including phenoxy) is 2. The maximum atomic E-state index is 14.9. The third kappa shape index (κ3) is 8.14. The number of alkyl halides is 5. The zero-order valence-electron chi connectivity index (χ0n) is 22.5. The Bertz CT molecular complexity index is 951. The summed E-state index contributed by atoms with van der Waals surface area (Å²) in [5.41, 5.74) is -0.599. The first-order valence-corrected chi connectivity index (χ1v) is 14.4. The van der Waals surface area contributed by atoms with Crippen molar-refractivity contribution in [3.05, 3.63) is 41.0 Å². The molecule has 1 aromatic rings. The van der Waals surface area contributed by atoms with E-state index in [9.17, 15) is 30.7 Å². The van der Waals surface area contributed by atoms with Gasteiger partial charge in [-0.15, -0.1) is 0 Å². The number of benzene rings is 1. The summed E-state index contributed by atoms with van der Waals surface area (Å²) in [6, 6.07) is 1.61. The van der Waals surface area contributed by atoms with Crippen LogP contribution >= 0.6 is 0 Å². The van der Waals surface area contributed by atoms with Crippen LogP contribution in [0, 0.1) is 29.4 Å². The van der Waals surface area contributed by atoms with Gasteiger partial charge in [0, 0.05) is 23.3 Å². The Balaban J connectivity index is 1.28. The van der Waals surface area contributed by atoms with Gasteiger partial charge in [-0.25, -0.2) is 8.78 Å². The lowest BCUT2D eigenvalue weighted by molar-refractivity contribution is -0.222. The largest absolute Gasteiger partial charge is 0.431 e. The molecule has 0 spiro atoms. The van der Waals surface area contributed by atoms with Crippen LogP contribution in [0.5, 0.6) is 5.75 Å². The molecule has 0 saturated heterocycles. The Labute approximate surface area is 226 Å². The van der Waals surface area contributed by atoms with Crippen molar-refractivity contribution in [3.8, 4) is 5.75 Å². The van der Waals surface area contributed by atoms with Crippen molar-refractivity contribution in [2.24, 2.45) is 17.8 Å². The molecular formula is C30H39F7O2. The molecule has 220 valence electrons. The summed E-state index contributed by atoms with van der Waals surface area (Å²) in [7, 11) is 0. The van der Waals surface area contributed by atoms with Gasteiger partial charge in [0.05, 0.1) is 6.10 Å². The van der Waals surface area contributed by atoms with E-state index in [4.69, 9.17) is 4.74 Å². The first kappa shape index (κ1) is 30.2. The Hall–Kier alpha value is -1.77. The first-order chi connectivity index (χ1) is 18.4. The number of hydrogen-bond acceptors (Lipinski definition) is 2. The highest BCUT2D eigenvalue weighted by molar-refractivity contribution is 5.33. The molecule has 2 saturated carbocycles. The molecule has 2 fully saturated rings. The molecule has 0 radical (unpaired) electrons. The highest BCUT2D eigenvalue weighted by Crippen LogP contribution is 2.46. The van der Waals surface area contributed by atoms with Gasteiger partial charge in [0.2, 0.25) is 0 Å². The highest BCUT2D eigenvalue weighted by atomic mass is 19.4. The van der Waals surface area contributed by atoms with Gasteiger partial charge in [0.1, 0.15) is 17.4 Å². The molecule has 1 unspecified atom stereocenters. The topological polar surface area (TPSA) is 18.5 Å². The molecule has 2 nitrogen and oxygen atoms in total. The van der Waals surface area contributed by atoms with Crippen molar-refractivity contribution in [1.29, 1.82) is 0 Å². The minimum Gasteiger partial charge on any atom is -0.431 e. The van der Waals surface area contributed by atoms with Crippen molar-refractivity contribution < 1.29 is 40.2 Å². The van der Waals surface area contributed by atoms with Crippen LogP contribution in [-0.2, 0) is 4.74 Å². The smallest absolute Gasteiger partial charge is 0.421 e. The van der Waals surface area contributed by atoms with E-state index in [0.29, 0.717) is 57.3 Å². The molecule has 3 aliphatic rings. The molecule has 9 heteroatoms. The number of halogens is 7. The predicted octanol–water partition coefficient (Wildman–Crippen LogP) is 9.87. The predicted molar refractivity (Wildman–Crippen MR) is 135 cm³/mol. The minimum absolute atomic E-state index is 0.00850. The second-order valence-electron chi connectivity index (χ2n) is 11.7. The molecule has 0 aromatic heterocycles. The van der Waals surface area contributed by atoms with E-state index in [1.165, 1.54) is 6.08 Å². The van der Waals surface area contributed by atoms with Gasteiger partial charge in [0.25, 0.3) is 0 Å². The molecule has 39 heavy (non-hydrogen) atoms. The molecule has 1 atom stereocenters. The van der Waals surface area contributed by atoms with Crippen LogP contribution < -0.4 is 4.74 Å². The number of hydrogen-bond donors (Lipinski definition) is 0. The van der Waals surface area contributed by atoms with E-state index in [-0.39, 0.29) is 29.9 Å². The summed E-state index contributed by atoms with van der Waals surface area (Å²) in [4.78, 5) is 0. The summed E-state index contributed by atoms with van der Waals surface area (Å²) in [5.74, 6) is -1.88. The van der Waals surface area contributed by atoms with E-state index in [1.807, 2.05) is 0 Å². The SMILES string of the molecule is CCCC1CCC(OCC(F)(F)Oc2cc(F)c(C3CCC(C4CC=C(C(F)(F)F)CC4)CC3)c(F)c2)CC1. The highest BCUT2D eigenvalue weighted by Gasteiger charge is 2.38. The zero-order chi connectivity index (χ0) is 28.2. The standard InChI is InChI=1S/C30H39F7O2/c1-2-3-19-4-14-24(15-5-19)38-18-29(33,34)39-25-16-26(31)28(27(32)17-25)22-8-6-20(7-9-22)21-10-12-23(13-11-21)30(35,36)37/h12,16-17,19-22,24H,2-11,13-15,18H2,1H3. The van der Waals surface area contributed by atoms with Gasteiger partial charge >= 0.3 is 12.3 Å². The van der Waals surface area contributed by atoms with Crippen molar-refractivity contribution in [2.75, 3.05) is 6.61 Å². The molecule has 0 bridgehead atoms. The molecule has 0 heterocycles. The van der Waals surface area contributed by atoms with Crippen LogP contribution in [0.1, 0.15) is 102 Å². The average Bonchev–Trinajstić information content (AvgIpc) is 2.88. The Kier molecular flexibility index (Phi) is 9.92. The van der Waals surface area contributed by atoms with Gasteiger partial charge in [-0.3, -0.25) is 0 Å². The summed E-state index contributed by atoms with van der Waals surface area (Å²) >= 11 is 0. The second kappa shape index (κ2) is 12.8. The summed E-state index contributed by atoms with van der Waals surface area (Å²) in [5, 5.41) is 0. The second-order valence-corrected chi connectivity index (χ2v) is 11.7. The minimum atomic E-state index is -4.28. The lowest BCUT2D eigenvalue weighted by Gasteiger charge is -2.36.